The third kappa shape index (κ3) is 3.44. The number of carbonyl (C=O) groups is 2. The lowest BCUT2D eigenvalue weighted by molar-refractivity contribution is -0.142. The third-order valence-corrected chi connectivity index (χ3v) is 2.51. The maximum Gasteiger partial charge on any atom is 0.330 e. The molecule has 0 aliphatic heterocycles. The van der Waals surface area contributed by atoms with Crippen LogP contribution in [0.25, 0.3) is 0 Å². The van der Waals surface area contributed by atoms with Crippen molar-refractivity contribution in [2.45, 2.75) is 19.0 Å². The van der Waals surface area contributed by atoms with Gasteiger partial charge in [-0.3, -0.25) is 4.79 Å². The minimum absolute atomic E-state index is 0.282. The van der Waals surface area contributed by atoms with Gasteiger partial charge in [-0.15, -0.1) is 0 Å². The van der Waals surface area contributed by atoms with Crippen LogP contribution in [0.15, 0.2) is 24.3 Å². The van der Waals surface area contributed by atoms with E-state index in [2.05, 4.69) is 5.32 Å². The van der Waals surface area contributed by atoms with E-state index in [1.807, 2.05) is 0 Å². The third-order valence-electron chi connectivity index (χ3n) is 2.16. The number of aliphatic carboxylic acids is 1. The van der Waals surface area contributed by atoms with E-state index in [-0.39, 0.29) is 5.02 Å². The number of nitrogens with one attached hydrogen (secondary N) is 1. The minimum atomic E-state index is -1.19. The van der Waals surface area contributed by atoms with E-state index in [1.54, 1.807) is 24.3 Å². The number of hydrogen-bond donors (Lipinski definition) is 3. The van der Waals surface area contributed by atoms with Crippen LogP contribution in [0.4, 0.5) is 0 Å². The molecule has 0 fully saturated rings. The van der Waals surface area contributed by atoms with Crippen LogP contribution in [0.5, 0.6) is 0 Å². The van der Waals surface area contributed by atoms with Crippen molar-refractivity contribution in [2.75, 3.05) is 0 Å². The van der Waals surface area contributed by atoms with E-state index in [0.717, 1.165) is 0 Å². The lowest BCUT2D eigenvalue weighted by Crippen LogP contribution is -2.42. The monoisotopic (exact) mass is 256 g/mol. The van der Waals surface area contributed by atoms with Crippen molar-refractivity contribution in [3.05, 3.63) is 34.9 Å². The summed E-state index contributed by atoms with van der Waals surface area (Å²) in [5.74, 6) is -1.73. The van der Waals surface area contributed by atoms with Gasteiger partial charge in [-0.1, -0.05) is 29.8 Å². The molecule has 0 aliphatic carbocycles. The first-order valence-corrected chi connectivity index (χ1v) is 5.34. The molecular weight excluding hydrogens is 244 g/mol. The summed E-state index contributed by atoms with van der Waals surface area (Å²) in [6.07, 6.45) is 0. The van der Waals surface area contributed by atoms with Crippen molar-refractivity contribution >= 4 is 23.5 Å². The van der Waals surface area contributed by atoms with E-state index in [0.29, 0.717) is 5.56 Å². The molecule has 1 aromatic carbocycles. The molecule has 1 rings (SSSR count). The Balaban J connectivity index is 2.99. The summed E-state index contributed by atoms with van der Waals surface area (Å²) in [4.78, 5) is 22.5. The molecule has 0 saturated carbocycles. The summed E-state index contributed by atoms with van der Waals surface area (Å²) in [5, 5.41) is 11.7. The van der Waals surface area contributed by atoms with E-state index < -0.39 is 24.0 Å². The molecule has 0 heterocycles. The molecule has 2 atom stereocenters. The Labute approximate surface area is 104 Å². The van der Waals surface area contributed by atoms with Gasteiger partial charge in [0.25, 0.3) is 0 Å². The normalized spacial score (nSPS) is 13.8. The summed E-state index contributed by atoms with van der Waals surface area (Å²) in [7, 11) is 0. The zero-order valence-electron chi connectivity index (χ0n) is 9.18. The van der Waals surface area contributed by atoms with Gasteiger partial charge < -0.3 is 16.2 Å². The zero-order chi connectivity index (χ0) is 13.0. The summed E-state index contributed by atoms with van der Waals surface area (Å²) >= 11 is 5.88. The highest BCUT2D eigenvalue weighted by molar-refractivity contribution is 6.31. The number of carboxylic acids is 1. The number of benzene rings is 1. The standard InChI is InChI=1S/C11H13ClN2O3/c1-6(13)10(15)14-9(11(16)17)7-4-2-3-5-8(7)12/h2-6,9H,13H2,1H3,(H,14,15)(H,16,17)/t6-,9-/m1/s1. The fourth-order valence-electron chi connectivity index (χ4n) is 1.26. The van der Waals surface area contributed by atoms with Gasteiger partial charge >= 0.3 is 5.97 Å². The summed E-state index contributed by atoms with van der Waals surface area (Å²) in [5.41, 5.74) is 5.69. The van der Waals surface area contributed by atoms with Gasteiger partial charge in [0.15, 0.2) is 6.04 Å². The fourth-order valence-corrected chi connectivity index (χ4v) is 1.50. The Morgan fingerprint density at radius 2 is 2.00 bits per heavy atom. The minimum Gasteiger partial charge on any atom is -0.479 e. The molecule has 6 heteroatoms. The van der Waals surface area contributed by atoms with Gasteiger partial charge in [-0.25, -0.2) is 4.79 Å². The van der Waals surface area contributed by atoms with Crippen molar-refractivity contribution in [3.8, 4) is 0 Å². The highest BCUT2D eigenvalue weighted by Crippen LogP contribution is 2.22. The van der Waals surface area contributed by atoms with Gasteiger partial charge in [0.1, 0.15) is 0 Å². The average Bonchev–Trinajstić information content (AvgIpc) is 2.26. The molecule has 0 unspecified atom stereocenters. The highest BCUT2D eigenvalue weighted by atomic mass is 35.5. The Morgan fingerprint density at radius 3 is 2.47 bits per heavy atom. The number of nitrogens with two attached hydrogens (primary N) is 1. The summed E-state index contributed by atoms with van der Waals surface area (Å²) < 4.78 is 0. The van der Waals surface area contributed by atoms with Crippen LogP contribution in [0.2, 0.25) is 5.02 Å². The van der Waals surface area contributed by atoms with E-state index in [4.69, 9.17) is 22.4 Å². The maximum atomic E-state index is 11.4. The Hall–Kier alpha value is -1.59. The van der Waals surface area contributed by atoms with Crippen LogP contribution in [-0.2, 0) is 9.59 Å². The Kier molecular flexibility index (Phi) is 4.48. The van der Waals surface area contributed by atoms with E-state index in [9.17, 15) is 9.59 Å². The molecule has 0 saturated heterocycles. The van der Waals surface area contributed by atoms with Crippen LogP contribution < -0.4 is 11.1 Å². The summed E-state index contributed by atoms with van der Waals surface area (Å²) in [6, 6.07) is 4.46. The second kappa shape index (κ2) is 5.65. The number of carboxylic acid groups (broad SMARTS) is 1. The van der Waals surface area contributed by atoms with Crippen LogP contribution >= 0.6 is 11.6 Å². The predicted octanol–water partition coefficient (Wildman–Crippen LogP) is 0.929. The highest BCUT2D eigenvalue weighted by Gasteiger charge is 2.25. The number of halogens is 1. The lowest BCUT2D eigenvalue weighted by atomic mass is 10.1. The van der Waals surface area contributed by atoms with E-state index in [1.165, 1.54) is 6.92 Å². The van der Waals surface area contributed by atoms with Gasteiger partial charge in [-0.05, 0) is 13.0 Å². The molecule has 0 aromatic heterocycles. The molecule has 0 bridgehead atoms. The van der Waals surface area contributed by atoms with Crippen molar-refractivity contribution in [2.24, 2.45) is 5.73 Å². The topological polar surface area (TPSA) is 92.4 Å². The first-order chi connectivity index (χ1) is 7.93. The van der Waals surface area contributed by atoms with Gasteiger partial charge in [-0.2, -0.15) is 0 Å². The predicted molar refractivity (Wildman–Crippen MR) is 63.6 cm³/mol. The van der Waals surface area contributed by atoms with Gasteiger partial charge in [0.2, 0.25) is 5.91 Å². The number of amides is 1. The van der Waals surface area contributed by atoms with Crippen molar-refractivity contribution in [3.63, 3.8) is 0 Å². The van der Waals surface area contributed by atoms with Crippen molar-refractivity contribution in [1.29, 1.82) is 0 Å². The van der Waals surface area contributed by atoms with Gasteiger partial charge in [0.05, 0.1) is 6.04 Å². The number of carbonyl (C=O) groups excluding carboxylic acids is 1. The zero-order valence-corrected chi connectivity index (χ0v) is 9.94. The molecule has 0 aliphatic rings. The first-order valence-electron chi connectivity index (χ1n) is 4.96. The van der Waals surface area contributed by atoms with Crippen LogP contribution in [0.3, 0.4) is 0 Å². The van der Waals surface area contributed by atoms with Crippen LogP contribution in [-0.4, -0.2) is 23.0 Å². The lowest BCUT2D eigenvalue weighted by Gasteiger charge is -2.17. The molecule has 1 aromatic rings. The van der Waals surface area contributed by atoms with Gasteiger partial charge in [0, 0.05) is 10.6 Å². The average molecular weight is 257 g/mol. The van der Waals surface area contributed by atoms with Crippen molar-refractivity contribution in [1.82, 2.24) is 5.32 Å². The van der Waals surface area contributed by atoms with Crippen molar-refractivity contribution < 1.29 is 14.7 Å². The molecule has 4 N–H and O–H groups in total. The SMILES string of the molecule is C[C@@H](N)C(=O)N[C@@H](C(=O)O)c1ccccc1Cl. The van der Waals surface area contributed by atoms with E-state index >= 15 is 0 Å². The fraction of sp³-hybridized carbons (Fsp3) is 0.273. The quantitative estimate of drug-likeness (QED) is 0.747. The van der Waals surface area contributed by atoms with Crippen LogP contribution in [0, 0.1) is 0 Å². The molecule has 0 radical (unpaired) electrons. The molecular formula is C11H13ClN2O3. The van der Waals surface area contributed by atoms with Crippen LogP contribution in [0.1, 0.15) is 18.5 Å². The molecule has 92 valence electrons. The Bertz CT molecular complexity index is 434. The molecule has 5 nitrogen and oxygen atoms in total. The smallest absolute Gasteiger partial charge is 0.330 e. The second-order valence-corrected chi connectivity index (χ2v) is 4.00. The summed E-state index contributed by atoms with van der Waals surface area (Å²) in [6.45, 7) is 1.47. The first kappa shape index (κ1) is 13.5. The molecule has 1 amide bonds. The number of rotatable bonds is 4. The maximum absolute atomic E-state index is 11.4. The Morgan fingerprint density at radius 1 is 1.41 bits per heavy atom. The second-order valence-electron chi connectivity index (χ2n) is 3.59. The number of hydrogen-bond acceptors (Lipinski definition) is 3. The molecule has 0 spiro atoms. The molecule has 17 heavy (non-hydrogen) atoms. The largest absolute Gasteiger partial charge is 0.479 e.